The van der Waals surface area contributed by atoms with E-state index < -0.39 is 0 Å². The minimum absolute atomic E-state index is 0.757. The van der Waals surface area contributed by atoms with Gasteiger partial charge in [0.15, 0.2) is 0 Å². The Hall–Kier alpha value is -1.40. The van der Waals surface area contributed by atoms with Crippen LogP contribution in [0, 0.1) is 0 Å². The summed E-state index contributed by atoms with van der Waals surface area (Å²) in [5.41, 5.74) is 0. The van der Waals surface area contributed by atoms with Crippen molar-refractivity contribution in [2.45, 2.75) is 12.8 Å². The van der Waals surface area contributed by atoms with Crippen molar-refractivity contribution in [1.82, 2.24) is 15.3 Å². The Bertz CT molecular complexity index is 294. The summed E-state index contributed by atoms with van der Waals surface area (Å²) in [6, 6.07) is 1.92. The molecular weight excluding hydrogens is 230 g/mol. The molecule has 6 nitrogen and oxygen atoms in total. The lowest BCUT2D eigenvalue weighted by molar-refractivity contribution is 0.198. The van der Waals surface area contributed by atoms with E-state index in [0.717, 1.165) is 50.7 Å². The van der Waals surface area contributed by atoms with Crippen LogP contribution in [0.4, 0.5) is 11.6 Å². The Labute approximate surface area is 109 Å². The van der Waals surface area contributed by atoms with Crippen LogP contribution < -0.4 is 16.0 Å². The molecule has 18 heavy (non-hydrogen) atoms. The molecule has 1 aromatic heterocycles. The van der Waals surface area contributed by atoms with Crippen molar-refractivity contribution >= 4 is 11.6 Å². The van der Waals surface area contributed by atoms with Gasteiger partial charge in [-0.15, -0.1) is 0 Å². The molecule has 0 atom stereocenters. The van der Waals surface area contributed by atoms with Crippen LogP contribution in [0.25, 0.3) is 0 Å². The Balaban J connectivity index is 2.27. The van der Waals surface area contributed by atoms with Gasteiger partial charge in [-0.1, -0.05) is 0 Å². The molecule has 0 spiro atoms. The maximum absolute atomic E-state index is 4.99. The van der Waals surface area contributed by atoms with Crippen molar-refractivity contribution in [3.63, 3.8) is 0 Å². The highest BCUT2D eigenvalue weighted by atomic mass is 16.5. The van der Waals surface area contributed by atoms with Crippen molar-refractivity contribution in [2.75, 3.05) is 51.0 Å². The molecule has 102 valence electrons. The SMILES string of the molecule is CNCCCNc1cc(NCCCOC)ncn1. The third-order valence-corrected chi connectivity index (χ3v) is 2.41. The van der Waals surface area contributed by atoms with E-state index in [9.17, 15) is 0 Å². The van der Waals surface area contributed by atoms with Crippen molar-refractivity contribution in [1.29, 1.82) is 0 Å². The largest absolute Gasteiger partial charge is 0.385 e. The van der Waals surface area contributed by atoms with Crippen LogP contribution in [0.2, 0.25) is 0 Å². The molecule has 1 rings (SSSR count). The lowest BCUT2D eigenvalue weighted by Gasteiger charge is -2.08. The quantitative estimate of drug-likeness (QED) is 0.539. The van der Waals surface area contributed by atoms with Crippen LogP contribution in [-0.4, -0.2) is 50.4 Å². The van der Waals surface area contributed by atoms with Gasteiger partial charge in [0.25, 0.3) is 0 Å². The molecule has 0 aromatic carbocycles. The van der Waals surface area contributed by atoms with Gasteiger partial charge in [0.2, 0.25) is 0 Å². The summed E-state index contributed by atoms with van der Waals surface area (Å²) in [6.07, 6.45) is 3.60. The summed E-state index contributed by atoms with van der Waals surface area (Å²) in [6.45, 7) is 3.51. The van der Waals surface area contributed by atoms with Crippen LogP contribution in [0.3, 0.4) is 0 Å². The van der Waals surface area contributed by atoms with Gasteiger partial charge in [-0.25, -0.2) is 9.97 Å². The zero-order valence-corrected chi connectivity index (χ0v) is 11.2. The summed E-state index contributed by atoms with van der Waals surface area (Å²) >= 11 is 0. The van der Waals surface area contributed by atoms with Gasteiger partial charge in [-0.3, -0.25) is 0 Å². The topological polar surface area (TPSA) is 71.1 Å². The van der Waals surface area contributed by atoms with E-state index in [1.165, 1.54) is 0 Å². The molecule has 0 aliphatic rings. The maximum Gasteiger partial charge on any atom is 0.131 e. The predicted molar refractivity (Wildman–Crippen MR) is 74.0 cm³/mol. The Kier molecular flexibility index (Phi) is 7.83. The fourth-order valence-electron chi connectivity index (χ4n) is 1.47. The average Bonchev–Trinajstić information content (AvgIpc) is 2.40. The van der Waals surface area contributed by atoms with E-state index in [4.69, 9.17) is 4.74 Å². The number of nitrogens with zero attached hydrogens (tertiary/aromatic N) is 2. The Morgan fingerprint density at radius 1 is 1.06 bits per heavy atom. The molecule has 1 aromatic rings. The monoisotopic (exact) mass is 253 g/mol. The van der Waals surface area contributed by atoms with Gasteiger partial charge in [-0.05, 0) is 26.4 Å². The van der Waals surface area contributed by atoms with E-state index in [1.54, 1.807) is 13.4 Å². The van der Waals surface area contributed by atoms with E-state index in [0.29, 0.717) is 0 Å². The van der Waals surface area contributed by atoms with Crippen molar-refractivity contribution < 1.29 is 4.74 Å². The molecule has 0 amide bonds. The molecule has 0 fully saturated rings. The molecule has 0 radical (unpaired) electrons. The second kappa shape index (κ2) is 9.61. The first-order chi connectivity index (χ1) is 8.86. The van der Waals surface area contributed by atoms with Gasteiger partial charge < -0.3 is 20.7 Å². The summed E-state index contributed by atoms with van der Waals surface area (Å²) in [5, 5.41) is 9.61. The lowest BCUT2D eigenvalue weighted by Crippen LogP contribution is -2.13. The van der Waals surface area contributed by atoms with Gasteiger partial charge in [0.1, 0.15) is 18.0 Å². The number of aromatic nitrogens is 2. The molecule has 3 N–H and O–H groups in total. The Morgan fingerprint density at radius 2 is 1.72 bits per heavy atom. The molecular formula is C12H23N5O. The molecule has 1 heterocycles. The number of methoxy groups -OCH3 is 1. The first kappa shape index (κ1) is 14.7. The highest BCUT2D eigenvalue weighted by Gasteiger charge is 1.97. The van der Waals surface area contributed by atoms with Crippen molar-refractivity contribution in [3.8, 4) is 0 Å². The van der Waals surface area contributed by atoms with E-state index >= 15 is 0 Å². The fraction of sp³-hybridized carbons (Fsp3) is 0.667. The molecule has 0 saturated carbocycles. The zero-order chi connectivity index (χ0) is 13.1. The summed E-state index contributed by atoms with van der Waals surface area (Å²) in [5.74, 6) is 1.70. The van der Waals surface area contributed by atoms with Crippen LogP contribution in [-0.2, 0) is 4.74 Å². The van der Waals surface area contributed by atoms with Crippen molar-refractivity contribution in [3.05, 3.63) is 12.4 Å². The maximum atomic E-state index is 4.99. The zero-order valence-electron chi connectivity index (χ0n) is 11.2. The number of hydrogen-bond acceptors (Lipinski definition) is 6. The third-order valence-electron chi connectivity index (χ3n) is 2.41. The second-order valence-electron chi connectivity index (χ2n) is 3.95. The first-order valence-corrected chi connectivity index (χ1v) is 6.30. The summed E-state index contributed by atoms with van der Waals surface area (Å²) in [7, 11) is 3.66. The standard InChI is InChI=1S/C12H23N5O/c1-13-5-3-6-14-11-9-12(17-10-16-11)15-7-4-8-18-2/h9-10,13H,3-8H2,1-2H3,(H2,14,15,16,17). The second-order valence-corrected chi connectivity index (χ2v) is 3.95. The van der Waals surface area contributed by atoms with Gasteiger partial charge in [0, 0.05) is 32.9 Å². The van der Waals surface area contributed by atoms with Crippen LogP contribution >= 0.6 is 0 Å². The summed E-state index contributed by atoms with van der Waals surface area (Å²) in [4.78, 5) is 8.34. The third kappa shape index (κ3) is 6.36. The predicted octanol–water partition coefficient (Wildman–Crippen LogP) is 0.946. The average molecular weight is 253 g/mol. The number of hydrogen-bond donors (Lipinski definition) is 3. The molecule has 6 heteroatoms. The minimum Gasteiger partial charge on any atom is -0.385 e. The van der Waals surface area contributed by atoms with Gasteiger partial charge >= 0.3 is 0 Å². The van der Waals surface area contributed by atoms with E-state index in [2.05, 4.69) is 25.9 Å². The van der Waals surface area contributed by atoms with Crippen LogP contribution in [0.1, 0.15) is 12.8 Å². The lowest BCUT2D eigenvalue weighted by atomic mass is 10.4. The highest BCUT2D eigenvalue weighted by molar-refractivity contribution is 5.46. The fourth-order valence-corrected chi connectivity index (χ4v) is 1.47. The first-order valence-electron chi connectivity index (χ1n) is 6.30. The molecule has 0 bridgehead atoms. The van der Waals surface area contributed by atoms with Crippen LogP contribution in [0.15, 0.2) is 12.4 Å². The van der Waals surface area contributed by atoms with Gasteiger partial charge in [0.05, 0.1) is 0 Å². The van der Waals surface area contributed by atoms with Crippen molar-refractivity contribution in [2.24, 2.45) is 0 Å². The van der Waals surface area contributed by atoms with Gasteiger partial charge in [-0.2, -0.15) is 0 Å². The van der Waals surface area contributed by atoms with E-state index in [-0.39, 0.29) is 0 Å². The number of anilines is 2. The normalized spacial score (nSPS) is 10.3. The number of nitrogens with one attached hydrogen (secondary N) is 3. The molecule has 0 saturated heterocycles. The molecule has 0 aliphatic carbocycles. The van der Waals surface area contributed by atoms with Crippen LogP contribution in [0.5, 0.6) is 0 Å². The molecule has 0 aliphatic heterocycles. The Morgan fingerprint density at radius 3 is 2.33 bits per heavy atom. The highest BCUT2D eigenvalue weighted by Crippen LogP contribution is 2.08. The number of rotatable bonds is 10. The number of ether oxygens (including phenoxy) is 1. The van der Waals surface area contributed by atoms with E-state index in [1.807, 2.05) is 13.1 Å². The molecule has 0 unspecified atom stereocenters. The minimum atomic E-state index is 0.757. The smallest absolute Gasteiger partial charge is 0.131 e. The summed E-state index contributed by atoms with van der Waals surface area (Å²) < 4.78 is 4.99.